The molecule has 1 aromatic carbocycles. The van der Waals surface area contributed by atoms with Gasteiger partial charge in [0.05, 0.1) is 12.1 Å². The summed E-state index contributed by atoms with van der Waals surface area (Å²) < 4.78 is 0. The van der Waals surface area contributed by atoms with Crippen molar-refractivity contribution < 1.29 is 9.90 Å². The fourth-order valence-corrected chi connectivity index (χ4v) is 2.85. The summed E-state index contributed by atoms with van der Waals surface area (Å²) in [5, 5.41) is 10.1. The molecule has 2 rings (SSSR count). The lowest BCUT2D eigenvalue weighted by atomic mass is 9.91. The fraction of sp³-hybridized carbons (Fsp3) is 0.562. The third-order valence-corrected chi connectivity index (χ3v) is 4.14. The van der Waals surface area contributed by atoms with Crippen molar-refractivity contribution in [2.24, 2.45) is 0 Å². The van der Waals surface area contributed by atoms with Crippen LogP contribution in [0.4, 0.5) is 0 Å². The van der Waals surface area contributed by atoms with Gasteiger partial charge in [0.25, 0.3) is 5.91 Å². The predicted octanol–water partition coefficient (Wildman–Crippen LogP) is 2.68. The van der Waals surface area contributed by atoms with Gasteiger partial charge < -0.3 is 10.0 Å². The maximum Gasteiger partial charge on any atom is 0.254 e. The van der Waals surface area contributed by atoms with Gasteiger partial charge in [-0.15, -0.1) is 0 Å². The van der Waals surface area contributed by atoms with E-state index in [4.69, 9.17) is 0 Å². The number of amides is 1. The number of rotatable bonds is 2. The number of hydrogen-bond donors (Lipinski definition) is 1. The van der Waals surface area contributed by atoms with Crippen LogP contribution in [0.2, 0.25) is 0 Å². The van der Waals surface area contributed by atoms with Gasteiger partial charge in [-0.05, 0) is 38.3 Å². The molecular formula is C16H23NO2. The van der Waals surface area contributed by atoms with Crippen molar-refractivity contribution in [2.75, 3.05) is 7.05 Å². The van der Waals surface area contributed by atoms with E-state index in [-0.39, 0.29) is 18.1 Å². The van der Waals surface area contributed by atoms with Crippen LogP contribution in [-0.2, 0) is 0 Å². The Morgan fingerprint density at radius 2 is 1.95 bits per heavy atom. The van der Waals surface area contributed by atoms with Gasteiger partial charge in [-0.2, -0.15) is 0 Å². The van der Waals surface area contributed by atoms with E-state index in [1.54, 1.807) is 4.90 Å². The molecule has 3 nitrogen and oxygen atoms in total. The first-order valence-corrected chi connectivity index (χ1v) is 7.03. The Hall–Kier alpha value is -1.35. The van der Waals surface area contributed by atoms with E-state index in [0.29, 0.717) is 0 Å². The lowest BCUT2D eigenvalue weighted by Crippen LogP contribution is -2.46. The Balaban J connectivity index is 2.20. The number of aliphatic hydroxyl groups excluding tert-OH is 1. The molecule has 1 saturated carbocycles. The fourth-order valence-electron chi connectivity index (χ4n) is 2.85. The number of nitrogens with zero attached hydrogens (tertiary/aromatic N) is 1. The van der Waals surface area contributed by atoms with Gasteiger partial charge in [-0.3, -0.25) is 4.79 Å². The summed E-state index contributed by atoms with van der Waals surface area (Å²) in [6.45, 7) is 3.95. The number of carbonyl (C=O) groups is 1. The molecule has 0 heterocycles. The molecule has 1 N–H and O–H groups in total. The lowest BCUT2D eigenvalue weighted by molar-refractivity contribution is 0.0267. The van der Waals surface area contributed by atoms with E-state index in [2.05, 4.69) is 0 Å². The quantitative estimate of drug-likeness (QED) is 0.889. The van der Waals surface area contributed by atoms with Crippen LogP contribution < -0.4 is 0 Å². The minimum absolute atomic E-state index is 0.0205. The van der Waals surface area contributed by atoms with Crippen LogP contribution in [0.3, 0.4) is 0 Å². The molecule has 19 heavy (non-hydrogen) atoms. The second-order valence-corrected chi connectivity index (χ2v) is 5.65. The first-order valence-electron chi connectivity index (χ1n) is 7.03. The molecule has 0 unspecified atom stereocenters. The summed E-state index contributed by atoms with van der Waals surface area (Å²) in [7, 11) is 1.81. The van der Waals surface area contributed by atoms with Crippen LogP contribution in [0.1, 0.15) is 47.2 Å². The molecule has 0 aromatic heterocycles. The van der Waals surface area contributed by atoms with Crippen molar-refractivity contribution in [1.29, 1.82) is 0 Å². The summed E-state index contributed by atoms with van der Waals surface area (Å²) in [5.74, 6) is 0.0205. The van der Waals surface area contributed by atoms with E-state index >= 15 is 0 Å². The molecule has 3 heteroatoms. The van der Waals surface area contributed by atoms with Crippen molar-refractivity contribution >= 4 is 5.91 Å². The zero-order valence-electron chi connectivity index (χ0n) is 12.0. The maximum absolute atomic E-state index is 12.6. The topological polar surface area (TPSA) is 40.5 Å². The Labute approximate surface area is 115 Å². The molecule has 1 aliphatic rings. The molecular weight excluding hydrogens is 238 g/mol. The number of carbonyl (C=O) groups excluding carboxylic acids is 1. The van der Waals surface area contributed by atoms with Gasteiger partial charge in [-0.25, -0.2) is 0 Å². The van der Waals surface area contributed by atoms with Gasteiger partial charge in [0.2, 0.25) is 0 Å². The van der Waals surface area contributed by atoms with E-state index in [9.17, 15) is 9.90 Å². The molecule has 0 saturated heterocycles. The van der Waals surface area contributed by atoms with Crippen LogP contribution in [0.25, 0.3) is 0 Å². The Kier molecular flexibility index (Phi) is 4.25. The highest BCUT2D eigenvalue weighted by atomic mass is 16.3. The minimum Gasteiger partial charge on any atom is -0.391 e. The smallest absolute Gasteiger partial charge is 0.254 e. The van der Waals surface area contributed by atoms with Crippen molar-refractivity contribution in [3.63, 3.8) is 0 Å². The summed E-state index contributed by atoms with van der Waals surface area (Å²) in [5.41, 5.74) is 2.83. The SMILES string of the molecule is Cc1ccc(C)c(C(=O)N(C)[C@@H]2CCCC[C@H]2O)c1. The van der Waals surface area contributed by atoms with Gasteiger partial charge in [0.1, 0.15) is 0 Å². The van der Waals surface area contributed by atoms with E-state index < -0.39 is 0 Å². The Morgan fingerprint density at radius 3 is 2.63 bits per heavy atom. The average molecular weight is 261 g/mol. The molecule has 0 aliphatic heterocycles. The van der Waals surface area contributed by atoms with Crippen LogP contribution in [-0.4, -0.2) is 35.1 Å². The Bertz CT molecular complexity index is 470. The zero-order chi connectivity index (χ0) is 14.0. The number of hydrogen-bond acceptors (Lipinski definition) is 2. The minimum atomic E-state index is -0.382. The lowest BCUT2D eigenvalue weighted by Gasteiger charge is -2.35. The Morgan fingerprint density at radius 1 is 1.26 bits per heavy atom. The highest BCUT2D eigenvalue weighted by molar-refractivity contribution is 5.95. The molecule has 104 valence electrons. The first kappa shape index (κ1) is 14.1. The second-order valence-electron chi connectivity index (χ2n) is 5.65. The van der Waals surface area contributed by atoms with Crippen molar-refractivity contribution in [2.45, 2.75) is 51.7 Å². The highest BCUT2D eigenvalue weighted by Crippen LogP contribution is 2.24. The summed E-state index contributed by atoms with van der Waals surface area (Å²) in [6, 6.07) is 5.89. The monoisotopic (exact) mass is 261 g/mol. The second kappa shape index (κ2) is 5.74. The zero-order valence-corrected chi connectivity index (χ0v) is 12.0. The number of likely N-dealkylation sites (N-methyl/N-ethyl adjacent to an activating group) is 1. The molecule has 2 atom stereocenters. The van der Waals surface area contributed by atoms with Crippen LogP contribution >= 0.6 is 0 Å². The summed E-state index contributed by atoms with van der Waals surface area (Å²) >= 11 is 0. The summed E-state index contributed by atoms with van der Waals surface area (Å²) in [6.07, 6.45) is 3.46. The largest absolute Gasteiger partial charge is 0.391 e. The summed E-state index contributed by atoms with van der Waals surface area (Å²) in [4.78, 5) is 14.3. The van der Waals surface area contributed by atoms with Crippen molar-refractivity contribution in [1.82, 2.24) is 4.90 Å². The van der Waals surface area contributed by atoms with Crippen molar-refractivity contribution in [3.8, 4) is 0 Å². The molecule has 1 aromatic rings. The molecule has 0 bridgehead atoms. The van der Waals surface area contributed by atoms with Crippen molar-refractivity contribution in [3.05, 3.63) is 34.9 Å². The van der Waals surface area contributed by atoms with E-state index in [0.717, 1.165) is 42.4 Å². The standard InChI is InChI=1S/C16H23NO2/c1-11-8-9-12(2)13(10-11)16(19)17(3)14-6-4-5-7-15(14)18/h8-10,14-15,18H,4-7H2,1-3H3/t14-,15-/m1/s1. The molecule has 0 spiro atoms. The molecule has 0 radical (unpaired) electrons. The first-order chi connectivity index (χ1) is 9.00. The van der Waals surface area contributed by atoms with Gasteiger partial charge in [0, 0.05) is 12.6 Å². The third kappa shape index (κ3) is 2.98. The maximum atomic E-state index is 12.6. The predicted molar refractivity (Wildman–Crippen MR) is 76.3 cm³/mol. The van der Waals surface area contributed by atoms with Crippen LogP contribution in [0.5, 0.6) is 0 Å². The molecule has 1 amide bonds. The number of aryl methyl sites for hydroxylation is 2. The number of aliphatic hydroxyl groups is 1. The molecule has 1 aliphatic carbocycles. The van der Waals surface area contributed by atoms with E-state index in [1.165, 1.54) is 0 Å². The van der Waals surface area contributed by atoms with Gasteiger partial charge in [-0.1, -0.05) is 30.5 Å². The average Bonchev–Trinajstić information content (AvgIpc) is 2.40. The molecule has 1 fully saturated rings. The normalized spacial score (nSPS) is 23.2. The van der Waals surface area contributed by atoms with E-state index in [1.807, 2.05) is 39.1 Å². The van der Waals surface area contributed by atoms with Gasteiger partial charge >= 0.3 is 0 Å². The van der Waals surface area contributed by atoms with Gasteiger partial charge in [0.15, 0.2) is 0 Å². The third-order valence-electron chi connectivity index (χ3n) is 4.14. The van der Waals surface area contributed by atoms with Crippen LogP contribution in [0, 0.1) is 13.8 Å². The highest BCUT2D eigenvalue weighted by Gasteiger charge is 2.30. The van der Waals surface area contributed by atoms with Crippen LogP contribution in [0.15, 0.2) is 18.2 Å². The number of benzene rings is 1.